The van der Waals surface area contributed by atoms with Crippen molar-refractivity contribution in [1.82, 2.24) is 0 Å². The number of carbonyl (C=O) groups excluding carboxylic acids is 1. The van der Waals surface area contributed by atoms with Gasteiger partial charge >= 0.3 is 5.97 Å². The van der Waals surface area contributed by atoms with Crippen molar-refractivity contribution in [3.8, 4) is 0 Å². The van der Waals surface area contributed by atoms with Crippen molar-refractivity contribution in [2.75, 3.05) is 7.11 Å². The van der Waals surface area contributed by atoms with Gasteiger partial charge in [0, 0.05) is 7.11 Å². The van der Waals surface area contributed by atoms with Crippen molar-refractivity contribution in [2.24, 2.45) is 5.90 Å². The Labute approximate surface area is 76.2 Å². The Balaban J connectivity index is 2.75. The SMILES string of the molecule is COCc1ccc(C(=O)ON)cc1. The molecule has 0 saturated heterocycles. The molecule has 0 amide bonds. The van der Waals surface area contributed by atoms with Crippen LogP contribution >= 0.6 is 0 Å². The van der Waals surface area contributed by atoms with E-state index in [0.717, 1.165) is 5.56 Å². The lowest BCUT2D eigenvalue weighted by Crippen LogP contribution is -2.09. The van der Waals surface area contributed by atoms with E-state index in [2.05, 4.69) is 4.84 Å². The van der Waals surface area contributed by atoms with E-state index in [1.54, 1.807) is 31.4 Å². The minimum absolute atomic E-state index is 0.433. The van der Waals surface area contributed by atoms with E-state index >= 15 is 0 Å². The summed E-state index contributed by atoms with van der Waals surface area (Å²) in [6.07, 6.45) is 0. The summed E-state index contributed by atoms with van der Waals surface area (Å²) in [5.74, 6) is 4.19. The van der Waals surface area contributed by atoms with Crippen molar-refractivity contribution in [3.63, 3.8) is 0 Å². The number of methoxy groups -OCH3 is 1. The Morgan fingerprint density at radius 2 is 2.00 bits per heavy atom. The monoisotopic (exact) mass is 181 g/mol. The Morgan fingerprint density at radius 3 is 2.46 bits per heavy atom. The maximum Gasteiger partial charge on any atom is 0.356 e. The average molecular weight is 181 g/mol. The summed E-state index contributed by atoms with van der Waals surface area (Å²) in [6.45, 7) is 0.526. The standard InChI is InChI=1S/C9H11NO3/c1-12-6-7-2-4-8(5-3-7)9(11)13-10/h2-5H,6,10H2,1H3. The number of benzene rings is 1. The van der Waals surface area contributed by atoms with Crippen LogP contribution in [0.4, 0.5) is 0 Å². The molecule has 13 heavy (non-hydrogen) atoms. The third kappa shape index (κ3) is 2.54. The molecule has 0 fully saturated rings. The third-order valence-corrected chi connectivity index (χ3v) is 1.61. The van der Waals surface area contributed by atoms with Gasteiger partial charge in [-0.3, -0.25) is 0 Å². The van der Waals surface area contributed by atoms with Crippen LogP contribution in [0.15, 0.2) is 24.3 Å². The molecule has 0 heterocycles. The molecule has 4 nitrogen and oxygen atoms in total. The Morgan fingerprint density at radius 1 is 1.38 bits per heavy atom. The summed E-state index contributed by atoms with van der Waals surface area (Å²) in [4.78, 5) is 15.0. The third-order valence-electron chi connectivity index (χ3n) is 1.61. The van der Waals surface area contributed by atoms with Crippen LogP contribution in [0.3, 0.4) is 0 Å². The molecular formula is C9H11NO3. The molecule has 1 aromatic carbocycles. The molecule has 70 valence electrons. The first-order valence-electron chi connectivity index (χ1n) is 3.77. The topological polar surface area (TPSA) is 61.5 Å². The van der Waals surface area contributed by atoms with Crippen LogP contribution in [0.5, 0.6) is 0 Å². The van der Waals surface area contributed by atoms with Gasteiger partial charge in [0.1, 0.15) is 0 Å². The minimum atomic E-state index is -0.538. The normalized spacial score (nSPS) is 9.69. The molecule has 0 radical (unpaired) electrons. The van der Waals surface area contributed by atoms with Gasteiger partial charge < -0.3 is 9.57 Å². The van der Waals surface area contributed by atoms with Crippen LogP contribution in [-0.4, -0.2) is 13.1 Å². The second kappa shape index (κ2) is 4.59. The highest BCUT2D eigenvalue weighted by molar-refractivity contribution is 5.89. The zero-order valence-electron chi connectivity index (χ0n) is 7.32. The molecule has 4 heteroatoms. The summed E-state index contributed by atoms with van der Waals surface area (Å²) in [7, 11) is 1.61. The minimum Gasteiger partial charge on any atom is -0.380 e. The number of hydrogen-bond donors (Lipinski definition) is 1. The molecule has 0 aliphatic heterocycles. The predicted octanol–water partition coefficient (Wildman–Crippen LogP) is 0.864. The second-order valence-electron chi connectivity index (χ2n) is 2.54. The zero-order chi connectivity index (χ0) is 9.68. The van der Waals surface area contributed by atoms with Gasteiger partial charge in [-0.15, -0.1) is 0 Å². The summed E-state index contributed by atoms with van der Waals surface area (Å²) < 4.78 is 4.91. The maximum absolute atomic E-state index is 10.9. The van der Waals surface area contributed by atoms with Gasteiger partial charge in [0.15, 0.2) is 0 Å². The summed E-state index contributed by atoms with van der Waals surface area (Å²) in [5.41, 5.74) is 1.43. The summed E-state index contributed by atoms with van der Waals surface area (Å²) >= 11 is 0. The van der Waals surface area contributed by atoms with Crippen molar-refractivity contribution in [3.05, 3.63) is 35.4 Å². The Kier molecular flexibility index (Phi) is 3.42. The molecule has 0 saturated carbocycles. The molecule has 1 rings (SSSR count). The van der Waals surface area contributed by atoms with Crippen LogP contribution in [-0.2, 0) is 16.2 Å². The smallest absolute Gasteiger partial charge is 0.356 e. The first kappa shape index (κ1) is 9.70. The zero-order valence-corrected chi connectivity index (χ0v) is 7.32. The lowest BCUT2D eigenvalue weighted by molar-refractivity contribution is 0.0503. The fourth-order valence-corrected chi connectivity index (χ4v) is 0.972. The number of carbonyl (C=O) groups is 1. The van der Waals surface area contributed by atoms with Crippen LogP contribution in [0.1, 0.15) is 15.9 Å². The highest BCUT2D eigenvalue weighted by Gasteiger charge is 2.04. The van der Waals surface area contributed by atoms with E-state index in [4.69, 9.17) is 10.6 Å². The molecule has 0 aliphatic rings. The predicted molar refractivity (Wildman–Crippen MR) is 46.8 cm³/mol. The highest BCUT2D eigenvalue weighted by Crippen LogP contribution is 2.05. The average Bonchev–Trinajstić information content (AvgIpc) is 2.18. The van der Waals surface area contributed by atoms with Crippen LogP contribution < -0.4 is 5.90 Å². The number of hydrogen-bond acceptors (Lipinski definition) is 4. The first-order chi connectivity index (χ1) is 6.27. The van der Waals surface area contributed by atoms with Crippen molar-refractivity contribution >= 4 is 5.97 Å². The Hall–Kier alpha value is -1.39. The van der Waals surface area contributed by atoms with Gasteiger partial charge in [0.25, 0.3) is 0 Å². The molecule has 1 aromatic rings. The van der Waals surface area contributed by atoms with Gasteiger partial charge in [0.2, 0.25) is 0 Å². The molecular weight excluding hydrogens is 170 g/mol. The fourth-order valence-electron chi connectivity index (χ4n) is 0.972. The van der Waals surface area contributed by atoms with E-state index in [-0.39, 0.29) is 0 Å². The number of rotatable bonds is 3. The van der Waals surface area contributed by atoms with Gasteiger partial charge in [-0.2, -0.15) is 5.90 Å². The van der Waals surface area contributed by atoms with Crippen LogP contribution in [0, 0.1) is 0 Å². The van der Waals surface area contributed by atoms with Crippen molar-refractivity contribution in [1.29, 1.82) is 0 Å². The van der Waals surface area contributed by atoms with Gasteiger partial charge in [-0.1, -0.05) is 12.1 Å². The molecule has 0 bridgehead atoms. The van der Waals surface area contributed by atoms with E-state index < -0.39 is 5.97 Å². The quantitative estimate of drug-likeness (QED) is 0.702. The van der Waals surface area contributed by atoms with E-state index in [0.29, 0.717) is 12.2 Å². The lowest BCUT2D eigenvalue weighted by Gasteiger charge is -2.00. The Bertz CT molecular complexity index is 281. The molecule has 0 aromatic heterocycles. The highest BCUT2D eigenvalue weighted by atomic mass is 16.7. The molecule has 0 unspecified atom stereocenters. The molecule has 0 atom stereocenters. The summed E-state index contributed by atoms with van der Waals surface area (Å²) in [5, 5.41) is 0. The van der Waals surface area contributed by atoms with Gasteiger partial charge in [-0.25, -0.2) is 4.79 Å². The largest absolute Gasteiger partial charge is 0.380 e. The number of nitrogens with two attached hydrogens (primary N) is 1. The van der Waals surface area contributed by atoms with Gasteiger partial charge in [0.05, 0.1) is 12.2 Å². The van der Waals surface area contributed by atoms with E-state index in [1.807, 2.05) is 0 Å². The van der Waals surface area contributed by atoms with Crippen molar-refractivity contribution in [2.45, 2.75) is 6.61 Å². The number of ether oxygens (including phenoxy) is 1. The van der Waals surface area contributed by atoms with Gasteiger partial charge in [-0.05, 0) is 17.7 Å². The van der Waals surface area contributed by atoms with Crippen LogP contribution in [0.25, 0.3) is 0 Å². The summed E-state index contributed by atoms with van der Waals surface area (Å²) in [6, 6.07) is 6.86. The molecule has 2 N–H and O–H groups in total. The fraction of sp³-hybridized carbons (Fsp3) is 0.222. The lowest BCUT2D eigenvalue weighted by atomic mass is 10.1. The first-order valence-corrected chi connectivity index (χ1v) is 3.77. The van der Waals surface area contributed by atoms with E-state index in [9.17, 15) is 4.79 Å². The van der Waals surface area contributed by atoms with Crippen LogP contribution in [0.2, 0.25) is 0 Å². The molecule has 0 aliphatic carbocycles. The van der Waals surface area contributed by atoms with Crippen molar-refractivity contribution < 1.29 is 14.4 Å². The second-order valence-corrected chi connectivity index (χ2v) is 2.54. The molecule has 0 spiro atoms. The maximum atomic E-state index is 10.9. The van der Waals surface area contributed by atoms with E-state index in [1.165, 1.54) is 0 Å².